The molecule has 24 heavy (non-hydrogen) atoms. The Morgan fingerprint density at radius 1 is 1.08 bits per heavy atom. The van der Waals surface area contributed by atoms with Gasteiger partial charge in [0.1, 0.15) is 6.04 Å². The lowest BCUT2D eigenvalue weighted by molar-refractivity contribution is -0.119. The van der Waals surface area contributed by atoms with Gasteiger partial charge < -0.3 is 10.2 Å². The standard InChI is InChI=1S/C20H22N2O2/c1-14-10-11-15(2)17(13-14)21-19(23)18-9-6-12-22(18)20(24)16-7-4-3-5-8-16/h3-5,7-8,10-11,13,18H,6,9,12H2,1-2H3,(H,21,23)/t18-/m0/s1. The summed E-state index contributed by atoms with van der Waals surface area (Å²) in [6, 6.07) is 14.7. The molecule has 2 amide bonds. The lowest BCUT2D eigenvalue weighted by atomic mass is 10.1. The number of hydrogen-bond donors (Lipinski definition) is 1. The minimum absolute atomic E-state index is 0.0748. The number of likely N-dealkylation sites (tertiary alicyclic amines) is 1. The first-order valence-electron chi connectivity index (χ1n) is 8.30. The fourth-order valence-electron chi connectivity index (χ4n) is 3.12. The van der Waals surface area contributed by atoms with Gasteiger partial charge in [0, 0.05) is 17.8 Å². The van der Waals surface area contributed by atoms with Crippen molar-refractivity contribution in [1.82, 2.24) is 4.90 Å². The van der Waals surface area contributed by atoms with E-state index in [0.717, 1.165) is 23.2 Å². The molecule has 1 aliphatic rings. The van der Waals surface area contributed by atoms with Crippen molar-refractivity contribution in [2.24, 2.45) is 0 Å². The third-order valence-corrected chi connectivity index (χ3v) is 4.49. The quantitative estimate of drug-likeness (QED) is 0.939. The molecule has 0 spiro atoms. The molecule has 4 heteroatoms. The number of carbonyl (C=O) groups is 2. The molecule has 3 rings (SSSR count). The van der Waals surface area contributed by atoms with Crippen molar-refractivity contribution in [3.8, 4) is 0 Å². The first-order valence-corrected chi connectivity index (χ1v) is 8.30. The number of amides is 2. The molecular weight excluding hydrogens is 300 g/mol. The van der Waals surface area contributed by atoms with Crippen molar-refractivity contribution in [2.45, 2.75) is 32.7 Å². The molecule has 0 aliphatic carbocycles. The first kappa shape index (κ1) is 16.2. The van der Waals surface area contributed by atoms with Crippen molar-refractivity contribution in [1.29, 1.82) is 0 Å². The highest BCUT2D eigenvalue weighted by Gasteiger charge is 2.34. The Kier molecular flexibility index (Phi) is 4.65. The van der Waals surface area contributed by atoms with Crippen LogP contribution in [0, 0.1) is 13.8 Å². The van der Waals surface area contributed by atoms with Crippen LogP contribution in [0.5, 0.6) is 0 Å². The van der Waals surface area contributed by atoms with Gasteiger partial charge in [-0.2, -0.15) is 0 Å². The number of nitrogens with zero attached hydrogens (tertiary/aromatic N) is 1. The molecule has 2 aromatic rings. The molecule has 0 bridgehead atoms. The summed E-state index contributed by atoms with van der Waals surface area (Å²) < 4.78 is 0. The van der Waals surface area contributed by atoms with E-state index in [0.29, 0.717) is 18.5 Å². The molecule has 1 aliphatic heterocycles. The van der Waals surface area contributed by atoms with Gasteiger partial charge in [0.2, 0.25) is 5.91 Å². The SMILES string of the molecule is Cc1ccc(C)c(NC(=O)[C@@H]2CCCN2C(=O)c2ccccc2)c1. The van der Waals surface area contributed by atoms with E-state index in [1.807, 2.05) is 50.2 Å². The summed E-state index contributed by atoms with van der Waals surface area (Å²) in [5.41, 5.74) is 3.57. The maximum atomic E-state index is 12.7. The van der Waals surface area contributed by atoms with Crippen LogP contribution in [0.4, 0.5) is 5.69 Å². The largest absolute Gasteiger partial charge is 0.327 e. The zero-order valence-electron chi connectivity index (χ0n) is 14.1. The monoisotopic (exact) mass is 322 g/mol. The minimum Gasteiger partial charge on any atom is -0.327 e. The second kappa shape index (κ2) is 6.87. The third kappa shape index (κ3) is 3.32. The second-order valence-corrected chi connectivity index (χ2v) is 6.33. The molecule has 1 N–H and O–H groups in total. The topological polar surface area (TPSA) is 49.4 Å². The van der Waals surface area contributed by atoms with Crippen LogP contribution >= 0.6 is 0 Å². The van der Waals surface area contributed by atoms with E-state index in [-0.39, 0.29) is 11.8 Å². The smallest absolute Gasteiger partial charge is 0.254 e. The molecule has 1 heterocycles. The van der Waals surface area contributed by atoms with Gasteiger partial charge >= 0.3 is 0 Å². The first-order chi connectivity index (χ1) is 11.6. The van der Waals surface area contributed by atoms with Crippen LogP contribution in [0.15, 0.2) is 48.5 Å². The molecule has 0 saturated carbocycles. The maximum absolute atomic E-state index is 12.7. The van der Waals surface area contributed by atoms with Crippen molar-refractivity contribution >= 4 is 17.5 Å². The molecule has 124 valence electrons. The van der Waals surface area contributed by atoms with E-state index in [4.69, 9.17) is 0 Å². The van der Waals surface area contributed by atoms with Crippen LogP contribution < -0.4 is 5.32 Å². The van der Waals surface area contributed by atoms with Crippen LogP contribution in [-0.2, 0) is 4.79 Å². The molecule has 0 radical (unpaired) electrons. The van der Waals surface area contributed by atoms with Crippen LogP contribution in [0.1, 0.15) is 34.3 Å². The van der Waals surface area contributed by atoms with Crippen molar-refractivity contribution < 1.29 is 9.59 Å². The average molecular weight is 322 g/mol. The number of carbonyl (C=O) groups excluding carboxylic acids is 2. The van der Waals surface area contributed by atoms with Crippen molar-refractivity contribution in [3.05, 3.63) is 65.2 Å². The summed E-state index contributed by atoms with van der Waals surface area (Å²) in [5.74, 6) is -0.181. The van der Waals surface area contributed by atoms with E-state index >= 15 is 0 Å². The Labute approximate surface area is 142 Å². The molecule has 4 nitrogen and oxygen atoms in total. The van der Waals surface area contributed by atoms with Gasteiger partial charge in [-0.25, -0.2) is 0 Å². The number of benzene rings is 2. The fourth-order valence-corrected chi connectivity index (χ4v) is 3.12. The number of aryl methyl sites for hydroxylation is 2. The highest BCUT2D eigenvalue weighted by atomic mass is 16.2. The van der Waals surface area contributed by atoms with Gasteiger partial charge in [0.15, 0.2) is 0 Å². The highest BCUT2D eigenvalue weighted by molar-refractivity contribution is 6.01. The Bertz CT molecular complexity index is 755. The second-order valence-electron chi connectivity index (χ2n) is 6.33. The van der Waals surface area contributed by atoms with Gasteiger partial charge in [0.05, 0.1) is 0 Å². The molecule has 2 aromatic carbocycles. The van der Waals surface area contributed by atoms with Crippen LogP contribution in [0.3, 0.4) is 0 Å². The summed E-state index contributed by atoms with van der Waals surface area (Å²) in [4.78, 5) is 27.1. The summed E-state index contributed by atoms with van der Waals surface area (Å²) in [6.07, 6.45) is 1.55. The predicted octanol–water partition coefficient (Wildman–Crippen LogP) is 3.55. The summed E-state index contributed by atoms with van der Waals surface area (Å²) >= 11 is 0. The normalized spacial score (nSPS) is 16.9. The van der Waals surface area contributed by atoms with Crippen LogP contribution in [0.25, 0.3) is 0 Å². The van der Waals surface area contributed by atoms with Crippen molar-refractivity contribution in [3.63, 3.8) is 0 Å². The van der Waals surface area contributed by atoms with Gasteiger partial charge in [-0.15, -0.1) is 0 Å². The molecular formula is C20H22N2O2. The van der Waals surface area contributed by atoms with Gasteiger partial charge in [-0.3, -0.25) is 9.59 Å². The van der Waals surface area contributed by atoms with E-state index in [9.17, 15) is 9.59 Å². The maximum Gasteiger partial charge on any atom is 0.254 e. The number of rotatable bonds is 3. The zero-order chi connectivity index (χ0) is 17.1. The third-order valence-electron chi connectivity index (χ3n) is 4.49. The summed E-state index contributed by atoms with van der Waals surface area (Å²) in [6.45, 7) is 4.59. The number of anilines is 1. The molecule has 1 atom stereocenters. The summed E-state index contributed by atoms with van der Waals surface area (Å²) in [7, 11) is 0. The molecule has 0 aromatic heterocycles. The van der Waals surface area contributed by atoms with Gasteiger partial charge in [0.25, 0.3) is 5.91 Å². The number of hydrogen-bond acceptors (Lipinski definition) is 2. The minimum atomic E-state index is -0.405. The molecule has 1 saturated heterocycles. The van der Waals surface area contributed by atoms with E-state index in [1.54, 1.807) is 17.0 Å². The van der Waals surface area contributed by atoms with Gasteiger partial charge in [-0.05, 0) is 56.0 Å². The van der Waals surface area contributed by atoms with Crippen LogP contribution in [-0.4, -0.2) is 29.3 Å². The lowest BCUT2D eigenvalue weighted by Gasteiger charge is -2.24. The lowest BCUT2D eigenvalue weighted by Crippen LogP contribution is -2.43. The Morgan fingerprint density at radius 3 is 2.58 bits per heavy atom. The fraction of sp³-hybridized carbons (Fsp3) is 0.300. The zero-order valence-corrected chi connectivity index (χ0v) is 14.1. The van der Waals surface area contributed by atoms with Crippen LogP contribution in [0.2, 0.25) is 0 Å². The van der Waals surface area contributed by atoms with E-state index in [2.05, 4.69) is 5.32 Å². The average Bonchev–Trinajstić information content (AvgIpc) is 3.08. The molecule has 1 fully saturated rings. The predicted molar refractivity (Wildman–Crippen MR) is 95.0 cm³/mol. The van der Waals surface area contributed by atoms with Crippen molar-refractivity contribution in [2.75, 3.05) is 11.9 Å². The highest BCUT2D eigenvalue weighted by Crippen LogP contribution is 2.23. The van der Waals surface area contributed by atoms with E-state index in [1.165, 1.54) is 0 Å². The molecule has 0 unspecified atom stereocenters. The van der Waals surface area contributed by atoms with E-state index < -0.39 is 6.04 Å². The Hall–Kier alpha value is -2.62. The summed E-state index contributed by atoms with van der Waals surface area (Å²) in [5, 5.41) is 3.00. The Balaban J connectivity index is 1.76. The number of nitrogens with one attached hydrogen (secondary N) is 1. The van der Waals surface area contributed by atoms with Gasteiger partial charge in [-0.1, -0.05) is 30.3 Å². The Morgan fingerprint density at radius 2 is 1.83 bits per heavy atom.